The number of nitrogens with zero attached hydrogens (tertiary/aromatic N) is 1. The summed E-state index contributed by atoms with van der Waals surface area (Å²) in [7, 11) is -4.01. The summed E-state index contributed by atoms with van der Waals surface area (Å²) in [5.41, 5.74) is 1.32. The van der Waals surface area contributed by atoms with Gasteiger partial charge in [-0.25, -0.2) is 4.39 Å². The molecule has 3 N–H and O–H groups in total. The maximum absolute atomic E-state index is 13.2. The number of aliphatic hydroxyl groups is 1. The highest BCUT2D eigenvalue weighted by atomic mass is 32.2. The fourth-order valence-corrected chi connectivity index (χ4v) is 4.00. The van der Waals surface area contributed by atoms with Crippen molar-refractivity contribution >= 4 is 27.5 Å². The Morgan fingerprint density at radius 1 is 1.00 bits per heavy atom. The summed E-state index contributed by atoms with van der Waals surface area (Å²) < 4.78 is 41.3. The van der Waals surface area contributed by atoms with Gasteiger partial charge in [-0.05, 0) is 61.0 Å². The molecule has 0 spiro atoms. The zero-order valence-electron chi connectivity index (χ0n) is 19.4. The minimum atomic E-state index is -4.01. The van der Waals surface area contributed by atoms with E-state index in [4.69, 9.17) is 5.11 Å². The van der Waals surface area contributed by atoms with Crippen LogP contribution in [0.4, 0.5) is 10.1 Å². The number of carbonyl (C=O) groups excluding carboxylic acids is 2. The van der Waals surface area contributed by atoms with Crippen molar-refractivity contribution in [2.45, 2.75) is 24.3 Å². The van der Waals surface area contributed by atoms with E-state index in [2.05, 4.69) is 21.0 Å². The number of rotatable bonds is 8. The van der Waals surface area contributed by atoms with Crippen molar-refractivity contribution in [1.82, 2.24) is 5.32 Å². The topological polar surface area (TPSA) is 117 Å². The third-order valence-corrected chi connectivity index (χ3v) is 6.31. The smallest absolute Gasteiger partial charge is 0.395 e. The maximum Gasteiger partial charge on any atom is 0.510 e. The van der Waals surface area contributed by atoms with Crippen LogP contribution in [-0.2, 0) is 21.2 Å². The lowest BCUT2D eigenvalue weighted by atomic mass is 10.0. The van der Waals surface area contributed by atoms with E-state index >= 15 is 0 Å². The summed E-state index contributed by atoms with van der Waals surface area (Å²) in [6.45, 7) is 1.28. The zero-order chi connectivity index (χ0) is 26.1. The van der Waals surface area contributed by atoms with Crippen molar-refractivity contribution in [3.05, 3.63) is 100 Å². The molecule has 0 fully saturated rings. The predicted molar refractivity (Wildman–Crippen MR) is 134 cm³/mol. The van der Waals surface area contributed by atoms with Crippen LogP contribution < -0.4 is 10.6 Å². The Morgan fingerprint density at radius 2 is 1.64 bits per heavy atom. The first-order valence-corrected chi connectivity index (χ1v) is 12.5. The van der Waals surface area contributed by atoms with Gasteiger partial charge in [-0.2, -0.15) is 0 Å². The first-order valence-electron chi connectivity index (χ1n) is 11.0. The quantitative estimate of drug-likeness (QED) is 0.429. The second-order valence-corrected chi connectivity index (χ2v) is 9.62. The number of anilines is 1. The summed E-state index contributed by atoms with van der Waals surface area (Å²) in [6.07, 6.45) is 0.194. The van der Waals surface area contributed by atoms with Gasteiger partial charge >= 0.3 is 16.1 Å². The molecule has 0 radical (unpaired) electrons. The van der Waals surface area contributed by atoms with Crippen molar-refractivity contribution in [3.63, 3.8) is 0 Å². The van der Waals surface area contributed by atoms with Crippen LogP contribution in [0.3, 0.4) is 0 Å². The molecule has 2 atom stereocenters. The minimum absolute atomic E-state index is 0.108. The van der Waals surface area contributed by atoms with E-state index in [1.807, 2.05) is 30.3 Å². The van der Waals surface area contributed by atoms with Gasteiger partial charge in [0.15, 0.2) is 4.90 Å². The van der Waals surface area contributed by atoms with Crippen molar-refractivity contribution in [1.29, 1.82) is 0 Å². The highest BCUT2D eigenvalue weighted by molar-refractivity contribution is 7.93. The molecule has 3 aromatic rings. The molecule has 36 heavy (non-hydrogen) atoms. The number of halogens is 1. The molecule has 0 saturated carbocycles. The van der Waals surface area contributed by atoms with Gasteiger partial charge in [0.1, 0.15) is 17.8 Å². The number of nitrogens with one attached hydrogen (secondary N) is 2. The molecule has 3 aromatic carbocycles. The summed E-state index contributed by atoms with van der Waals surface area (Å²) in [4.78, 5) is 25.7. The summed E-state index contributed by atoms with van der Waals surface area (Å²) in [5, 5.41) is 14.3. The number of amides is 2. The van der Waals surface area contributed by atoms with Crippen LogP contribution in [0.1, 0.15) is 22.8 Å². The van der Waals surface area contributed by atoms with Gasteiger partial charge in [-0.1, -0.05) is 30.3 Å². The highest BCUT2D eigenvalue weighted by Crippen LogP contribution is 2.17. The average molecular weight is 511 g/mol. The lowest BCUT2D eigenvalue weighted by Gasteiger charge is -2.19. The first kappa shape index (κ1) is 26.5. The van der Waals surface area contributed by atoms with Crippen molar-refractivity contribution in [2.24, 2.45) is 5.92 Å². The van der Waals surface area contributed by atoms with Crippen LogP contribution in [0.5, 0.6) is 0 Å². The van der Waals surface area contributed by atoms with Crippen molar-refractivity contribution in [2.75, 3.05) is 11.9 Å². The third-order valence-electron chi connectivity index (χ3n) is 5.10. The van der Waals surface area contributed by atoms with Crippen LogP contribution in [0.2, 0.25) is 0 Å². The number of sulfonamides is 1. The molecular formula is C26H25FN3O5S+. The third kappa shape index (κ3) is 7.46. The minimum Gasteiger partial charge on any atom is -0.395 e. The average Bonchev–Trinajstić information content (AvgIpc) is 2.88. The molecule has 10 heteroatoms. The Bertz CT molecular complexity index is 1370. The molecule has 8 nitrogen and oxygen atoms in total. The molecule has 1 unspecified atom stereocenters. The van der Waals surface area contributed by atoms with E-state index in [-0.39, 0.29) is 23.5 Å². The molecule has 0 saturated heterocycles. The zero-order valence-corrected chi connectivity index (χ0v) is 20.2. The molecule has 0 heterocycles. The number of aliphatic hydroxyl groups excluding tert-OH is 1. The van der Waals surface area contributed by atoms with Gasteiger partial charge in [0, 0.05) is 17.7 Å². The number of hydrogen-bond donors (Lipinski definition) is 3. The largest absolute Gasteiger partial charge is 0.510 e. The normalized spacial score (nSPS) is 12.5. The predicted octanol–water partition coefficient (Wildman–Crippen LogP) is 3.46. The molecule has 186 valence electrons. The monoisotopic (exact) mass is 510 g/mol. The first-order chi connectivity index (χ1) is 17.2. The van der Waals surface area contributed by atoms with Crippen LogP contribution >= 0.6 is 0 Å². The van der Waals surface area contributed by atoms with Gasteiger partial charge in [0.2, 0.25) is 5.91 Å². The fraction of sp³-hybridized carbons (Fsp3) is 0.192. The van der Waals surface area contributed by atoms with E-state index in [1.54, 1.807) is 6.92 Å². The number of benzene rings is 3. The maximum atomic E-state index is 13.2. The molecule has 2 amide bonds. The Hall–Kier alpha value is -4.07. The second-order valence-electron chi connectivity index (χ2n) is 8.02. The van der Waals surface area contributed by atoms with E-state index in [1.165, 1.54) is 36.4 Å². The van der Waals surface area contributed by atoms with Gasteiger partial charge < -0.3 is 15.7 Å². The molecule has 0 aliphatic heterocycles. The van der Waals surface area contributed by atoms with E-state index in [9.17, 15) is 22.4 Å². The fourth-order valence-electron chi connectivity index (χ4n) is 3.09. The van der Waals surface area contributed by atoms with Gasteiger partial charge in [-0.3, -0.25) is 9.59 Å². The lowest BCUT2D eigenvalue weighted by Crippen LogP contribution is -2.45. The SMILES string of the molecule is CC(C#[N+]S(=O)(=O)c1ccc(NC(=O)[C@H](Cc2ccccc2)NC(=O)c2ccc(F)cc2)cc1)CO. The van der Waals surface area contributed by atoms with Gasteiger partial charge in [0.25, 0.3) is 5.91 Å². The number of hydrogen-bond acceptors (Lipinski definition) is 5. The summed E-state index contributed by atoms with van der Waals surface area (Å²) in [5.74, 6) is -2.08. The Labute approximate surface area is 208 Å². The summed E-state index contributed by atoms with van der Waals surface area (Å²) in [6, 6.07) is 20.8. The Kier molecular flexibility index (Phi) is 8.89. The number of carbonyl (C=O) groups is 2. The van der Waals surface area contributed by atoms with Gasteiger partial charge in [0.05, 0.1) is 10.9 Å². The van der Waals surface area contributed by atoms with Crippen LogP contribution in [-0.4, -0.2) is 38.0 Å². The standard InChI is InChI=1S/C26H24FN3O5S/c1-18(17-31)16-28-36(34,35)23-13-11-22(12-14-23)29-26(33)24(15-19-5-3-2-4-6-19)30-25(32)20-7-9-21(27)10-8-20/h2-14,18,24,31H,15,17H2,1H3,(H-,29,30,32,33)/p+1/t18?,24-/m0/s1. The molecule has 0 aliphatic carbocycles. The molecule has 0 bridgehead atoms. The van der Waals surface area contributed by atoms with Crippen LogP contribution in [0.25, 0.3) is 4.25 Å². The lowest BCUT2D eigenvalue weighted by molar-refractivity contribution is -0.118. The Morgan fingerprint density at radius 3 is 2.25 bits per heavy atom. The molecule has 0 aromatic heterocycles. The Balaban J connectivity index is 1.76. The second kappa shape index (κ2) is 12.1. The highest BCUT2D eigenvalue weighted by Gasteiger charge is 2.25. The van der Waals surface area contributed by atoms with Crippen LogP contribution in [0, 0.1) is 17.8 Å². The molecule has 3 rings (SSSR count). The van der Waals surface area contributed by atoms with E-state index < -0.39 is 39.6 Å². The van der Waals surface area contributed by atoms with E-state index in [0.717, 1.165) is 17.7 Å². The summed E-state index contributed by atoms with van der Waals surface area (Å²) >= 11 is 0. The van der Waals surface area contributed by atoms with Crippen LogP contribution in [0.15, 0.2) is 83.8 Å². The molecule has 0 aliphatic rings. The molecular weight excluding hydrogens is 485 g/mol. The van der Waals surface area contributed by atoms with Crippen molar-refractivity contribution < 1.29 is 27.5 Å². The van der Waals surface area contributed by atoms with E-state index in [0.29, 0.717) is 5.69 Å². The van der Waals surface area contributed by atoms with Crippen molar-refractivity contribution in [3.8, 4) is 6.07 Å². The van der Waals surface area contributed by atoms with Gasteiger partial charge in [-0.15, -0.1) is 8.42 Å².